The number of benzene rings is 2. The van der Waals surface area contributed by atoms with Crippen molar-refractivity contribution in [2.45, 2.75) is 0 Å². The van der Waals surface area contributed by atoms with Crippen molar-refractivity contribution in [3.8, 4) is 5.75 Å². The summed E-state index contributed by atoms with van der Waals surface area (Å²) in [5.74, 6) is 0.703. The number of carbonyl (C=O) groups is 1. The van der Waals surface area contributed by atoms with E-state index in [1.165, 1.54) is 0 Å². The second-order valence-electron chi connectivity index (χ2n) is 5.92. The third kappa shape index (κ3) is 4.88. The Bertz CT molecular complexity index is 717. The van der Waals surface area contributed by atoms with E-state index in [4.69, 9.17) is 27.9 Å². The number of piperazine rings is 1. The Kier molecular flexibility index (Phi) is 6.19. The van der Waals surface area contributed by atoms with Crippen molar-refractivity contribution in [2.75, 3.05) is 39.3 Å². The van der Waals surface area contributed by atoms with Gasteiger partial charge in [-0.3, -0.25) is 9.69 Å². The molecule has 1 fully saturated rings. The molecular formula is C19H20Cl2N2O2. The fourth-order valence-electron chi connectivity index (χ4n) is 2.81. The monoisotopic (exact) mass is 378 g/mol. The van der Waals surface area contributed by atoms with E-state index in [0.29, 0.717) is 22.4 Å². The van der Waals surface area contributed by atoms with Gasteiger partial charge in [0.25, 0.3) is 5.91 Å². The topological polar surface area (TPSA) is 32.8 Å². The summed E-state index contributed by atoms with van der Waals surface area (Å²) >= 11 is 12.0. The van der Waals surface area contributed by atoms with Gasteiger partial charge in [-0.2, -0.15) is 0 Å². The Hall–Kier alpha value is -1.75. The lowest BCUT2D eigenvalue weighted by Crippen LogP contribution is -2.49. The standard InChI is InChI=1S/C19H20Cl2N2O2/c20-16-6-7-17(21)18(14-16)25-13-12-22-8-10-23(11-9-22)19(24)15-4-2-1-3-5-15/h1-7,14H,8-13H2. The highest BCUT2D eigenvalue weighted by Gasteiger charge is 2.21. The lowest BCUT2D eigenvalue weighted by Gasteiger charge is -2.34. The Morgan fingerprint density at radius 3 is 2.44 bits per heavy atom. The van der Waals surface area contributed by atoms with Gasteiger partial charge in [-0.1, -0.05) is 41.4 Å². The Balaban J connectivity index is 1.44. The summed E-state index contributed by atoms with van der Waals surface area (Å²) < 4.78 is 5.73. The quantitative estimate of drug-likeness (QED) is 0.792. The molecule has 0 N–H and O–H groups in total. The SMILES string of the molecule is O=C(c1ccccc1)N1CCN(CCOc2cc(Cl)ccc2Cl)CC1. The maximum absolute atomic E-state index is 12.4. The zero-order valence-electron chi connectivity index (χ0n) is 13.8. The number of carbonyl (C=O) groups excluding carboxylic acids is 1. The predicted octanol–water partition coefficient (Wildman–Crippen LogP) is 3.83. The number of halogens is 2. The van der Waals surface area contributed by atoms with E-state index in [2.05, 4.69) is 4.90 Å². The van der Waals surface area contributed by atoms with Crippen LogP contribution in [0, 0.1) is 0 Å². The molecular weight excluding hydrogens is 359 g/mol. The number of ether oxygens (including phenoxy) is 1. The minimum absolute atomic E-state index is 0.0993. The van der Waals surface area contributed by atoms with Crippen LogP contribution in [0.2, 0.25) is 10.0 Å². The van der Waals surface area contributed by atoms with Gasteiger partial charge < -0.3 is 9.64 Å². The van der Waals surface area contributed by atoms with Crippen LogP contribution in [-0.4, -0.2) is 55.0 Å². The molecule has 0 saturated carbocycles. The van der Waals surface area contributed by atoms with Crippen LogP contribution in [-0.2, 0) is 0 Å². The van der Waals surface area contributed by atoms with Gasteiger partial charge in [0.1, 0.15) is 12.4 Å². The second-order valence-corrected chi connectivity index (χ2v) is 6.77. The first-order chi connectivity index (χ1) is 12.1. The predicted molar refractivity (Wildman–Crippen MR) is 101 cm³/mol. The Labute approximate surface area is 157 Å². The van der Waals surface area contributed by atoms with Gasteiger partial charge in [0.05, 0.1) is 5.02 Å². The van der Waals surface area contributed by atoms with Gasteiger partial charge in [-0.25, -0.2) is 0 Å². The zero-order valence-corrected chi connectivity index (χ0v) is 15.3. The molecule has 1 amide bonds. The van der Waals surface area contributed by atoms with Crippen molar-refractivity contribution in [1.29, 1.82) is 0 Å². The normalized spacial score (nSPS) is 15.2. The van der Waals surface area contributed by atoms with Crippen LogP contribution >= 0.6 is 23.2 Å². The van der Waals surface area contributed by atoms with E-state index < -0.39 is 0 Å². The largest absolute Gasteiger partial charge is 0.491 e. The molecule has 0 aromatic heterocycles. The highest BCUT2D eigenvalue weighted by atomic mass is 35.5. The molecule has 4 nitrogen and oxygen atoms in total. The van der Waals surface area contributed by atoms with E-state index >= 15 is 0 Å². The van der Waals surface area contributed by atoms with Gasteiger partial charge >= 0.3 is 0 Å². The summed E-state index contributed by atoms with van der Waals surface area (Å²) in [5.41, 5.74) is 0.745. The molecule has 1 saturated heterocycles. The zero-order chi connectivity index (χ0) is 17.6. The van der Waals surface area contributed by atoms with E-state index in [0.717, 1.165) is 38.3 Å². The van der Waals surface area contributed by atoms with Crippen molar-refractivity contribution in [2.24, 2.45) is 0 Å². The molecule has 0 bridgehead atoms. The van der Waals surface area contributed by atoms with E-state index in [1.807, 2.05) is 35.2 Å². The molecule has 1 heterocycles. The molecule has 0 aliphatic carbocycles. The molecule has 3 rings (SSSR count). The molecule has 1 aliphatic rings. The third-order valence-corrected chi connectivity index (χ3v) is 4.79. The van der Waals surface area contributed by atoms with Crippen molar-refractivity contribution >= 4 is 29.1 Å². The Morgan fingerprint density at radius 1 is 1.00 bits per heavy atom. The van der Waals surface area contributed by atoms with E-state index in [1.54, 1.807) is 18.2 Å². The van der Waals surface area contributed by atoms with Crippen molar-refractivity contribution in [1.82, 2.24) is 9.80 Å². The van der Waals surface area contributed by atoms with Crippen LogP contribution in [0.3, 0.4) is 0 Å². The van der Waals surface area contributed by atoms with E-state index in [-0.39, 0.29) is 5.91 Å². The summed E-state index contributed by atoms with van der Waals surface area (Å²) in [5, 5.41) is 1.16. The van der Waals surface area contributed by atoms with Gasteiger partial charge in [0.2, 0.25) is 0 Å². The van der Waals surface area contributed by atoms with Gasteiger partial charge in [0, 0.05) is 49.4 Å². The summed E-state index contributed by atoms with van der Waals surface area (Å²) in [6, 6.07) is 14.6. The average molecular weight is 379 g/mol. The first-order valence-corrected chi connectivity index (χ1v) is 9.03. The molecule has 6 heteroatoms. The number of amides is 1. The fourth-order valence-corrected chi connectivity index (χ4v) is 3.14. The van der Waals surface area contributed by atoms with Crippen molar-refractivity contribution in [3.05, 3.63) is 64.1 Å². The number of rotatable bonds is 5. The summed E-state index contributed by atoms with van der Waals surface area (Å²) in [6.45, 7) is 4.45. The highest BCUT2D eigenvalue weighted by molar-refractivity contribution is 6.34. The highest BCUT2D eigenvalue weighted by Crippen LogP contribution is 2.27. The second kappa shape index (κ2) is 8.56. The maximum Gasteiger partial charge on any atom is 0.253 e. The van der Waals surface area contributed by atoms with Crippen LogP contribution in [0.1, 0.15) is 10.4 Å². The Morgan fingerprint density at radius 2 is 1.72 bits per heavy atom. The van der Waals surface area contributed by atoms with Crippen LogP contribution in [0.5, 0.6) is 5.75 Å². The lowest BCUT2D eigenvalue weighted by molar-refractivity contribution is 0.0620. The smallest absolute Gasteiger partial charge is 0.253 e. The van der Waals surface area contributed by atoms with Crippen LogP contribution in [0.4, 0.5) is 0 Å². The minimum atomic E-state index is 0.0993. The van der Waals surface area contributed by atoms with Crippen LogP contribution in [0.25, 0.3) is 0 Å². The fraction of sp³-hybridized carbons (Fsp3) is 0.316. The number of hydrogen-bond donors (Lipinski definition) is 0. The third-order valence-electron chi connectivity index (χ3n) is 4.24. The summed E-state index contributed by atoms with van der Waals surface area (Å²) in [4.78, 5) is 16.6. The summed E-state index contributed by atoms with van der Waals surface area (Å²) in [7, 11) is 0. The van der Waals surface area contributed by atoms with Gasteiger partial charge in [-0.05, 0) is 24.3 Å². The van der Waals surface area contributed by atoms with Crippen LogP contribution < -0.4 is 4.74 Å². The number of hydrogen-bond acceptors (Lipinski definition) is 3. The van der Waals surface area contributed by atoms with E-state index in [9.17, 15) is 4.79 Å². The first kappa shape index (κ1) is 18.1. The first-order valence-electron chi connectivity index (χ1n) is 8.28. The average Bonchev–Trinajstić information content (AvgIpc) is 2.65. The van der Waals surface area contributed by atoms with Crippen molar-refractivity contribution < 1.29 is 9.53 Å². The molecule has 132 valence electrons. The minimum Gasteiger partial charge on any atom is -0.491 e. The lowest BCUT2D eigenvalue weighted by atomic mass is 10.2. The number of nitrogens with zero attached hydrogens (tertiary/aromatic N) is 2. The molecule has 25 heavy (non-hydrogen) atoms. The molecule has 2 aromatic carbocycles. The van der Waals surface area contributed by atoms with Gasteiger partial charge in [0.15, 0.2) is 0 Å². The van der Waals surface area contributed by atoms with Crippen molar-refractivity contribution in [3.63, 3.8) is 0 Å². The maximum atomic E-state index is 12.4. The molecule has 0 radical (unpaired) electrons. The molecule has 0 atom stereocenters. The molecule has 2 aromatic rings. The van der Waals surface area contributed by atoms with Gasteiger partial charge in [-0.15, -0.1) is 0 Å². The molecule has 0 unspecified atom stereocenters. The summed E-state index contributed by atoms with van der Waals surface area (Å²) in [6.07, 6.45) is 0. The molecule has 1 aliphatic heterocycles. The van der Waals surface area contributed by atoms with Crippen LogP contribution in [0.15, 0.2) is 48.5 Å². The molecule has 0 spiro atoms.